The summed E-state index contributed by atoms with van der Waals surface area (Å²) in [5.74, 6) is 0. The van der Waals surface area contributed by atoms with E-state index in [0.29, 0.717) is 0 Å². The highest BCUT2D eigenvalue weighted by molar-refractivity contribution is 7.05. The van der Waals surface area contributed by atoms with Crippen LogP contribution in [0.1, 0.15) is 54.4 Å². The third-order valence-corrected chi connectivity index (χ3v) is 4.26. The van der Waals surface area contributed by atoms with E-state index in [0.717, 1.165) is 25.1 Å². The average Bonchev–Trinajstić information content (AvgIpc) is 2.87. The van der Waals surface area contributed by atoms with Crippen molar-refractivity contribution in [2.24, 2.45) is 0 Å². The average molecular weight is 289 g/mol. The van der Waals surface area contributed by atoms with Gasteiger partial charge in [0.1, 0.15) is 0 Å². The van der Waals surface area contributed by atoms with Gasteiger partial charge in [0.15, 0.2) is 0 Å². The zero-order valence-corrected chi connectivity index (χ0v) is 13.3. The molecule has 0 spiro atoms. The molecule has 0 saturated carbocycles. The Hall–Kier alpha value is -1.26. The molecule has 108 valence electrons. The van der Waals surface area contributed by atoms with Gasteiger partial charge in [-0.15, -0.1) is 5.10 Å². The molecule has 1 N–H and O–H groups in total. The van der Waals surface area contributed by atoms with Crippen LogP contribution in [0.25, 0.3) is 0 Å². The number of nitrogens with zero attached hydrogens (tertiary/aromatic N) is 2. The molecule has 0 saturated heterocycles. The molecule has 1 atom stereocenters. The standard InChI is InChI=1S/C16H23N3S/c1-4-7-13-8-6-9-14(11-13)15(17-10-5-2)16-12(3)18-19-20-16/h6,8-9,11,15,17H,4-5,7,10H2,1-3H3. The van der Waals surface area contributed by atoms with E-state index in [1.54, 1.807) is 0 Å². The van der Waals surface area contributed by atoms with E-state index in [1.807, 2.05) is 6.92 Å². The van der Waals surface area contributed by atoms with Crippen LogP contribution in [0.5, 0.6) is 0 Å². The van der Waals surface area contributed by atoms with Crippen molar-refractivity contribution in [3.8, 4) is 0 Å². The summed E-state index contributed by atoms with van der Waals surface area (Å²) in [5.41, 5.74) is 3.76. The summed E-state index contributed by atoms with van der Waals surface area (Å²) in [6, 6.07) is 9.10. The third-order valence-electron chi connectivity index (χ3n) is 3.37. The SMILES string of the molecule is CCCNC(c1cccc(CCC)c1)c1snnc1C. The maximum atomic E-state index is 4.16. The number of aryl methyl sites for hydroxylation is 2. The van der Waals surface area contributed by atoms with Gasteiger partial charge in [0, 0.05) is 0 Å². The molecule has 1 aromatic carbocycles. The van der Waals surface area contributed by atoms with Crippen molar-refractivity contribution in [2.75, 3.05) is 6.54 Å². The molecule has 0 fully saturated rings. The van der Waals surface area contributed by atoms with Crippen LogP contribution in [-0.2, 0) is 6.42 Å². The van der Waals surface area contributed by atoms with Crippen LogP contribution in [0.2, 0.25) is 0 Å². The lowest BCUT2D eigenvalue weighted by molar-refractivity contribution is 0.602. The summed E-state index contributed by atoms with van der Waals surface area (Å²) in [5, 5.41) is 7.79. The molecular formula is C16H23N3S. The minimum absolute atomic E-state index is 0.215. The van der Waals surface area contributed by atoms with E-state index >= 15 is 0 Å². The van der Waals surface area contributed by atoms with Crippen LogP contribution in [-0.4, -0.2) is 16.1 Å². The molecule has 4 heteroatoms. The van der Waals surface area contributed by atoms with Gasteiger partial charge in [-0.05, 0) is 49.0 Å². The summed E-state index contributed by atoms with van der Waals surface area (Å²) in [6.45, 7) is 7.45. The van der Waals surface area contributed by atoms with E-state index in [9.17, 15) is 0 Å². The molecule has 2 rings (SSSR count). The van der Waals surface area contributed by atoms with Gasteiger partial charge in [-0.1, -0.05) is 49.0 Å². The molecule has 1 heterocycles. The lowest BCUT2D eigenvalue weighted by Gasteiger charge is -2.18. The van der Waals surface area contributed by atoms with E-state index in [4.69, 9.17) is 0 Å². The molecule has 0 amide bonds. The lowest BCUT2D eigenvalue weighted by atomic mass is 10.00. The Bertz CT molecular complexity index is 536. The molecule has 20 heavy (non-hydrogen) atoms. The summed E-state index contributed by atoms with van der Waals surface area (Å²) < 4.78 is 4.09. The molecule has 3 nitrogen and oxygen atoms in total. The highest BCUT2D eigenvalue weighted by atomic mass is 32.1. The predicted molar refractivity (Wildman–Crippen MR) is 85.2 cm³/mol. The number of hydrogen-bond acceptors (Lipinski definition) is 4. The van der Waals surface area contributed by atoms with Crippen molar-refractivity contribution in [1.29, 1.82) is 0 Å². The Labute approximate surface area is 125 Å². The first-order valence-electron chi connectivity index (χ1n) is 7.37. The molecule has 0 bridgehead atoms. The number of nitrogens with one attached hydrogen (secondary N) is 1. The Balaban J connectivity index is 2.31. The van der Waals surface area contributed by atoms with Gasteiger partial charge in [0.2, 0.25) is 0 Å². The Morgan fingerprint density at radius 1 is 1.25 bits per heavy atom. The maximum Gasteiger partial charge on any atom is 0.0776 e. The number of hydrogen-bond donors (Lipinski definition) is 1. The first-order chi connectivity index (χ1) is 9.76. The van der Waals surface area contributed by atoms with E-state index in [1.165, 1.54) is 34.0 Å². The van der Waals surface area contributed by atoms with Gasteiger partial charge >= 0.3 is 0 Å². The van der Waals surface area contributed by atoms with Crippen molar-refractivity contribution >= 4 is 11.5 Å². The maximum absolute atomic E-state index is 4.16. The van der Waals surface area contributed by atoms with E-state index in [2.05, 4.69) is 53.0 Å². The smallest absolute Gasteiger partial charge is 0.0776 e. The van der Waals surface area contributed by atoms with Crippen molar-refractivity contribution < 1.29 is 0 Å². The second kappa shape index (κ2) is 7.50. The van der Waals surface area contributed by atoms with Crippen LogP contribution < -0.4 is 5.32 Å². The predicted octanol–water partition coefficient (Wildman–Crippen LogP) is 3.89. The van der Waals surface area contributed by atoms with Gasteiger partial charge in [0.05, 0.1) is 16.6 Å². The molecule has 2 aromatic rings. The van der Waals surface area contributed by atoms with Crippen LogP contribution >= 0.6 is 11.5 Å². The highest BCUT2D eigenvalue weighted by Gasteiger charge is 2.18. The Morgan fingerprint density at radius 3 is 2.75 bits per heavy atom. The summed E-state index contributed by atoms with van der Waals surface area (Å²) in [7, 11) is 0. The summed E-state index contributed by atoms with van der Waals surface area (Å²) >= 11 is 1.50. The molecular weight excluding hydrogens is 266 g/mol. The van der Waals surface area contributed by atoms with E-state index in [-0.39, 0.29) is 6.04 Å². The molecule has 0 radical (unpaired) electrons. The third kappa shape index (κ3) is 3.64. The first-order valence-corrected chi connectivity index (χ1v) is 8.14. The molecule has 1 aromatic heterocycles. The van der Waals surface area contributed by atoms with Gasteiger partial charge in [-0.2, -0.15) is 0 Å². The zero-order chi connectivity index (χ0) is 14.4. The minimum Gasteiger partial charge on any atom is -0.305 e. The van der Waals surface area contributed by atoms with Crippen molar-refractivity contribution in [3.63, 3.8) is 0 Å². The number of benzene rings is 1. The second-order valence-corrected chi connectivity index (χ2v) is 5.89. The topological polar surface area (TPSA) is 37.8 Å². The van der Waals surface area contributed by atoms with Crippen LogP contribution in [0.4, 0.5) is 0 Å². The highest BCUT2D eigenvalue weighted by Crippen LogP contribution is 2.27. The van der Waals surface area contributed by atoms with Crippen molar-refractivity contribution in [3.05, 3.63) is 46.0 Å². The Morgan fingerprint density at radius 2 is 2.10 bits per heavy atom. The fourth-order valence-electron chi connectivity index (χ4n) is 2.37. The fraction of sp³-hybridized carbons (Fsp3) is 0.500. The lowest BCUT2D eigenvalue weighted by Crippen LogP contribution is -2.23. The van der Waals surface area contributed by atoms with Crippen LogP contribution in [0.15, 0.2) is 24.3 Å². The Kier molecular flexibility index (Phi) is 5.68. The molecule has 1 unspecified atom stereocenters. The number of rotatable bonds is 7. The quantitative estimate of drug-likeness (QED) is 0.840. The minimum atomic E-state index is 0.215. The first kappa shape index (κ1) is 15.1. The normalized spacial score (nSPS) is 12.6. The fourth-order valence-corrected chi connectivity index (χ4v) is 3.12. The second-order valence-electron chi connectivity index (χ2n) is 5.10. The van der Waals surface area contributed by atoms with Gasteiger partial charge in [-0.3, -0.25) is 0 Å². The van der Waals surface area contributed by atoms with Gasteiger partial charge < -0.3 is 5.32 Å². The van der Waals surface area contributed by atoms with Crippen LogP contribution in [0, 0.1) is 6.92 Å². The van der Waals surface area contributed by atoms with Crippen LogP contribution in [0.3, 0.4) is 0 Å². The molecule has 0 aliphatic heterocycles. The number of aromatic nitrogens is 2. The zero-order valence-electron chi connectivity index (χ0n) is 12.5. The van der Waals surface area contributed by atoms with Crippen molar-refractivity contribution in [1.82, 2.24) is 14.9 Å². The largest absolute Gasteiger partial charge is 0.305 e. The van der Waals surface area contributed by atoms with Gasteiger partial charge in [0.25, 0.3) is 0 Å². The molecule has 0 aliphatic carbocycles. The van der Waals surface area contributed by atoms with Crippen molar-refractivity contribution in [2.45, 2.75) is 46.1 Å². The monoisotopic (exact) mass is 289 g/mol. The summed E-state index contributed by atoms with van der Waals surface area (Å²) in [4.78, 5) is 1.23. The van der Waals surface area contributed by atoms with Gasteiger partial charge in [-0.25, -0.2) is 0 Å². The summed E-state index contributed by atoms with van der Waals surface area (Å²) in [6.07, 6.45) is 3.43. The molecule has 0 aliphatic rings. The van der Waals surface area contributed by atoms with E-state index < -0.39 is 0 Å².